The average Bonchev–Trinajstić information content (AvgIpc) is 3.27. The number of ether oxygens (including phenoxy) is 1. The van der Waals surface area contributed by atoms with Crippen molar-refractivity contribution in [1.82, 2.24) is 19.6 Å². The van der Waals surface area contributed by atoms with Crippen molar-refractivity contribution in [3.63, 3.8) is 0 Å². The van der Waals surface area contributed by atoms with Crippen LogP contribution >= 0.6 is 0 Å². The van der Waals surface area contributed by atoms with E-state index in [9.17, 15) is 9.59 Å². The summed E-state index contributed by atoms with van der Waals surface area (Å²) in [4.78, 5) is 30.9. The predicted molar refractivity (Wildman–Crippen MR) is 116 cm³/mol. The van der Waals surface area contributed by atoms with Gasteiger partial charge in [-0.3, -0.25) is 9.59 Å². The molecule has 2 aromatic heterocycles. The molecule has 0 bridgehead atoms. The molecule has 1 saturated carbocycles. The zero-order chi connectivity index (χ0) is 21.2. The fraction of sp³-hybridized carbons (Fsp3) is 0.375. The van der Waals surface area contributed by atoms with Crippen molar-refractivity contribution in [2.45, 2.75) is 38.3 Å². The molecule has 2 fully saturated rings. The second-order valence-corrected chi connectivity index (χ2v) is 8.45. The third kappa shape index (κ3) is 4.71. The number of amides is 2. The summed E-state index contributed by atoms with van der Waals surface area (Å²) in [6.45, 7) is 1.85. The van der Waals surface area contributed by atoms with Gasteiger partial charge in [0.1, 0.15) is 17.5 Å². The van der Waals surface area contributed by atoms with Crippen LogP contribution in [0.4, 0.5) is 0 Å². The second-order valence-electron chi connectivity index (χ2n) is 8.45. The maximum Gasteiger partial charge on any atom is 0.251 e. The topological polar surface area (TPSA) is 75.9 Å². The molecule has 5 rings (SSSR count). The molecule has 1 unspecified atom stereocenters. The number of aromatic nitrogens is 2. The molecule has 1 atom stereocenters. The lowest BCUT2D eigenvalue weighted by atomic mass is 10.2. The molecule has 1 aromatic carbocycles. The van der Waals surface area contributed by atoms with E-state index in [-0.39, 0.29) is 17.9 Å². The Labute approximate surface area is 181 Å². The second kappa shape index (κ2) is 8.41. The molecule has 1 aliphatic heterocycles. The smallest absolute Gasteiger partial charge is 0.251 e. The number of hydrogen-bond donors (Lipinski definition) is 1. The molecular formula is C24H26N4O3. The monoisotopic (exact) mass is 418 g/mol. The fourth-order valence-electron chi connectivity index (χ4n) is 3.97. The van der Waals surface area contributed by atoms with E-state index in [0.717, 1.165) is 29.9 Å². The van der Waals surface area contributed by atoms with Crippen molar-refractivity contribution < 1.29 is 14.3 Å². The first-order valence-corrected chi connectivity index (χ1v) is 10.9. The maximum atomic E-state index is 12.5. The van der Waals surface area contributed by atoms with Gasteiger partial charge in [-0.1, -0.05) is 0 Å². The zero-order valence-electron chi connectivity index (χ0n) is 17.4. The van der Waals surface area contributed by atoms with Gasteiger partial charge in [0.15, 0.2) is 0 Å². The third-order valence-corrected chi connectivity index (χ3v) is 5.99. The first-order valence-electron chi connectivity index (χ1n) is 10.9. The minimum absolute atomic E-state index is 0.0143. The van der Waals surface area contributed by atoms with Crippen LogP contribution in [0, 0.1) is 5.92 Å². The zero-order valence-corrected chi connectivity index (χ0v) is 17.4. The first-order chi connectivity index (χ1) is 15.1. The Morgan fingerprint density at radius 3 is 2.74 bits per heavy atom. The Balaban J connectivity index is 1.11. The van der Waals surface area contributed by atoms with Gasteiger partial charge >= 0.3 is 0 Å². The number of carbonyl (C=O) groups is 2. The van der Waals surface area contributed by atoms with Gasteiger partial charge in [0, 0.05) is 50.1 Å². The first kappa shape index (κ1) is 19.6. The number of hydrogen-bond acceptors (Lipinski definition) is 4. The van der Waals surface area contributed by atoms with E-state index < -0.39 is 0 Å². The van der Waals surface area contributed by atoms with Crippen molar-refractivity contribution in [3.8, 4) is 5.75 Å². The molecule has 160 valence electrons. The van der Waals surface area contributed by atoms with Gasteiger partial charge in [-0.15, -0.1) is 0 Å². The molecule has 3 heterocycles. The summed E-state index contributed by atoms with van der Waals surface area (Å²) in [6.07, 6.45) is 9.50. The Hall–Kier alpha value is -3.35. The summed E-state index contributed by atoms with van der Waals surface area (Å²) in [5, 5.41) is 2.94. The van der Waals surface area contributed by atoms with E-state index in [1.807, 2.05) is 46.0 Å². The fourth-order valence-corrected chi connectivity index (χ4v) is 3.97. The van der Waals surface area contributed by atoms with E-state index in [0.29, 0.717) is 31.0 Å². The number of carbonyl (C=O) groups excluding carboxylic acids is 2. The Morgan fingerprint density at radius 2 is 1.94 bits per heavy atom. The summed E-state index contributed by atoms with van der Waals surface area (Å²) in [7, 11) is 0. The Morgan fingerprint density at radius 1 is 1.10 bits per heavy atom. The van der Waals surface area contributed by atoms with Crippen LogP contribution in [0.2, 0.25) is 0 Å². The van der Waals surface area contributed by atoms with Crippen molar-refractivity contribution in [1.29, 1.82) is 0 Å². The van der Waals surface area contributed by atoms with Crippen LogP contribution in [0.15, 0.2) is 55.0 Å². The van der Waals surface area contributed by atoms with Gasteiger partial charge in [-0.25, -0.2) is 4.98 Å². The number of benzene rings is 1. The van der Waals surface area contributed by atoms with E-state index in [1.165, 1.54) is 12.8 Å². The minimum atomic E-state index is -0.132. The summed E-state index contributed by atoms with van der Waals surface area (Å²) in [5.74, 6) is 1.46. The predicted octanol–water partition coefficient (Wildman–Crippen LogP) is 3.04. The van der Waals surface area contributed by atoms with Gasteiger partial charge in [0.25, 0.3) is 5.91 Å². The van der Waals surface area contributed by atoms with Crippen LogP contribution in [0.25, 0.3) is 5.65 Å². The summed E-state index contributed by atoms with van der Waals surface area (Å²) in [6, 6.07) is 11.1. The Kier molecular flexibility index (Phi) is 5.32. The van der Waals surface area contributed by atoms with Crippen LogP contribution in [0.5, 0.6) is 5.75 Å². The molecule has 0 spiro atoms. The van der Waals surface area contributed by atoms with Crippen LogP contribution < -0.4 is 10.1 Å². The maximum absolute atomic E-state index is 12.5. The van der Waals surface area contributed by atoms with Crippen molar-refractivity contribution in [2.75, 3.05) is 13.1 Å². The number of imidazole rings is 1. The molecule has 1 aliphatic carbocycles. The third-order valence-electron chi connectivity index (χ3n) is 5.99. The summed E-state index contributed by atoms with van der Waals surface area (Å²) in [5.41, 5.74) is 2.43. The standard InChI is InChI=1S/C24H26N4O3/c29-23(14-17-1-2-17)28-11-8-21(16-28)31-20-5-3-19(4-6-20)24(30)26-15-18-7-10-27-12-9-25-22(27)13-18/h3-7,9-10,12-13,17,21H,1-2,8,11,14-16H2,(H,26,30). The lowest BCUT2D eigenvalue weighted by Gasteiger charge is -2.17. The molecule has 1 N–H and O–H groups in total. The molecule has 0 radical (unpaired) electrons. The van der Waals surface area contributed by atoms with Gasteiger partial charge < -0.3 is 19.4 Å². The van der Waals surface area contributed by atoms with Gasteiger partial charge in [-0.2, -0.15) is 0 Å². The molecule has 2 aliphatic rings. The number of nitrogens with zero attached hydrogens (tertiary/aromatic N) is 3. The SMILES string of the molecule is O=C(NCc1ccn2ccnc2c1)c1ccc(OC2CCN(C(=O)CC3CC3)C2)cc1. The van der Waals surface area contributed by atoms with Crippen LogP contribution in [-0.2, 0) is 11.3 Å². The van der Waals surface area contributed by atoms with E-state index in [2.05, 4.69) is 10.3 Å². The molecule has 3 aromatic rings. The lowest BCUT2D eigenvalue weighted by Crippen LogP contribution is -2.31. The molecule has 7 nitrogen and oxygen atoms in total. The summed E-state index contributed by atoms with van der Waals surface area (Å²) < 4.78 is 7.97. The molecule has 1 saturated heterocycles. The van der Waals surface area contributed by atoms with Crippen molar-refractivity contribution >= 4 is 17.5 Å². The van der Waals surface area contributed by atoms with Crippen LogP contribution in [-0.4, -0.2) is 45.3 Å². The van der Waals surface area contributed by atoms with E-state index in [4.69, 9.17) is 4.74 Å². The normalized spacial score (nSPS) is 18.3. The van der Waals surface area contributed by atoms with E-state index in [1.54, 1.807) is 18.3 Å². The van der Waals surface area contributed by atoms with Crippen LogP contribution in [0.1, 0.15) is 41.6 Å². The lowest BCUT2D eigenvalue weighted by molar-refractivity contribution is -0.130. The Bertz CT molecular complexity index is 1090. The van der Waals surface area contributed by atoms with Crippen molar-refractivity contribution in [3.05, 3.63) is 66.1 Å². The molecule has 7 heteroatoms. The van der Waals surface area contributed by atoms with Crippen LogP contribution in [0.3, 0.4) is 0 Å². The number of pyridine rings is 1. The highest BCUT2D eigenvalue weighted by Crippen LogP contribution is 2.33. The van der Waals surface area contributed by atoms with Gasteiger partial charge in [0.05, 0.1) is 6.54 Å². The minimum Gasteiger partial charge on any atom is -0.489 e. The number of likely N-dealkylation sites (tertiary alicyclic amines) is 1. The number of nitrogens with one attached hydrogen (secondary N) is 1. The molecular weight excluding hydrogens is 392 g/mol. The largest absolute Gasteiger partial charge is 0.489 e. The quantitative estimate of drug-likeness (QED) is 0.640. The summed E-state index contributed by atoms with van der Waals surface area (Å²) >= 11 is 0. The highest BCUT2D eigenvalue weighted by molar-refractivity contribution is 5.94. The molecule has 2 amide bonds. The highest BCUT2D eigenvalue weighted by atomic mass is 16.5. The van der Waals surface area contributed by atoms with Gasteiger partial charge in [0.2, 0.25) is 5.91 Å². The highest BCUT2D eigenvalue weighted by Gasteiger charge is 2.31. The van der Waals surface area contributed by atoms with Gasteiger partial charge in [-0.05, 0) is 60.7 Å². The number of rotatable bonds is 7. The van der Waals surface area contributed by atoms with E-state index >= 15 is 0 Å². The van der Waals surface area contributed by atoms with Crippen molar-refractivity contribution in [2.24, 2.45) is 5.92 Å². The molecule has 31 heavy (non-hydrogen) atoms. The number of fused-ring (bicyclic) bond motifs is 1. The average molecular weight is 418 g/mol.